The highest BCUT2D eigenvalue weighted by atomic mass is 16.5. The van der Waals surface area contributed by atoms with Crippen LogP contribution in [0.1, 0.15) is 26.6 Å². The Morgan fingerprint density at radius 2 is 1.96 bits per heavy atom. The summed E-state index contributed by atoms with van der Waals surface area (Å²) >= 11 is 0. The van der Waals surface area contributed by atoms with Crippen LogP contribution >= 0.6 is 0 Å². The number of carbonyl (C=O) groups is 2. The monoisotopic (exact) mass is 341 g/mol. The minimum atomic E-state index is -0.529. The molecule has 0 fully saturated rings. The van der Waals surface area contributed by atoms with Crippen LogP contribution < -0.4 is 15.4 Å². The summed E-state index contributed by atoms with van der Waals surface area (Å²) in [6.07, 6.45) is 2.52. The zero-order valence-electron chi connectivity index (χ0n) is 13.5. The fraction of sp³-hybridized carbons (Fsp3) is 0.118. The number of amides is 2. The number of furan rings is 1. The number of aromatic nitrogens is 1. The van der Waals surface area contributed by atoms with Crippen LogP contribution in [0.3, 0.4) is 0 Å². The molecule has 128 valence electrons. The number of ether oxygens (including phenoxy) is 1. The zero-order chi connectivity index (χ0) is 17.8. The van der Waals surface area contributed by atoms with Gasteiger partial charge in [-0.15, -0.1) is 0 Å². The lowest BCUT2D eigenvalue weighted by Crippen LogP contribution is -2.14. The van der Waals surface area contributed by atoms with Crippen molar-refractivity contribution in [1.82, 2.24) is 4.98 Å². The van der Waals surface area contributed by atoms with Crippen LogP contribution in [0.5, 0.6) is 5.75 Å². The van der Waals surface area contributed by atoms with Crippen LogP contribution in [0.25, 0.3) is 0 Å². The van der Waals surface area contributed by atoms with E-state index in [0.717, 1.165) is 11.8 Å². The number of carbonyl (C=O) groups excluding carboxylic acids is 2. The highest BCUT2D eigenvalue weighted by Crippen LogP contribution is 2.25. The standard InChI is InChI=1S/C17H15N3O5/c1-10-5-6-13(23-2)11(8-10)18-15(21)12-9-25-17(19-12)20-16(22)14-4-3-7-24-14/h3-9H,1-2H3,(H,18,21)(H,19,20,22). The first-order valence-corrected chi connectivity index (χ1v) is 7.33. The van der Waals surface area contributed by atoms with Crippen LogP contribution in [0.15, 0.2) is 51.7 Å². The third kappa shape index (κ3) is 3.69. The molecule has 0 unspecified atom stereocenters. The smallest absolute Gasteiger partial charge is 0.302 e. The van der Waals surface area contributed by atoms with Crippen molar-refractivity contribution in [3.8, 4) is 5.75 Å². The highest BCUT2D eigenvalue weighted by molar-refractivity contribution is 6.04. The first-order chi connectivity index (χ1) is 12.1. The molecule has 0 atom stereocenters. The van der Waals surface area contributed by atoms with Gasteiger partial charge in [0.15, 0.2) is 11.5 Å². The van der Waals surface area contributed by atoms with E-state index < -0.39 is 11.8 Å². The Morgan fingerprint density at radius 1 is 1.12 bits per heavy atom. The largest absolute Gasteiger partial charge is 0.495 e. The van der Waals surface area contributed by atoms with Crippen molar-refractivity contribution in [2.24, 2.45) is 0 Å². The van der Waals surface area contributed by atoms with E-state index in [1.165, 1.54) is 19.4 Å². The summed E-state index contributed by atoms with van der Waals surface area (Å²) in [7, 11) is 1.51. The molecule has 2 amide bonds. The van der Waals surface area contributed by atoms with Gasteiger partial charge in [-0.2, -0.15) is 4.98 Å². The number of aryl methyl sites for hydroxylation is 1. The first-order valence-electron chi connectivity index (χ1n) is 7.33. The number of nitrogens with one attached hydrogen (secondary N) is 2. The molecule has 8 nitrogen and oxygen atoms in total. The lowest BCUT2D eigenvalue weighted by molar-refractivity contribution is 0.0990. The summed E-state index contributed by atoms with van der Waals surface area (Å²) in [5.41, 5.74) is 1.48. The zero-order valence-corrected chi connectivity index (χ0v) is 13.5. The molecule has 2 heterocycles. The minimum absolute atomic E-state index is 0.0123. The topological polar surface area (TPSA) is 107 Å². The molecular formula is C17H15N3O5. The molecular weight excluding hydrogens is 326 g/mol. The number of anilines is 2. The second kappa shape index (κ2) is 6.91. The van der Waals surface area contributed by atoms with E-state index in [2.05, 4.69) is 15.6 Å². The third-order valence-electron chi connectivity index (χ3n) is 3.31. The number of rotatable bonds is 5. The number of methoxy groups -OCH3 is 1. The van der Waals surface area contributed by atoms with Gasteiger partial charge in [0.1, 0.15) is 12.0 Å². The lowest BCUT2D eigenvalue weighted by Gasteiger charge is -2.09. The molecule has 25 heavy (non-hydrogen) atoms. The normalized spacial score (nSPS) is 10.3. The van der Waals surface area contributed by atoms with Gasteiger partial charge in [0.2, 0.25) is 0 Å². The summed E-state index contributed by atoms with van der Waals surface area (Å²) < 4.78 is 15.3. The Kier molecular flexibility index (Phi) is 4.51. The van der Waals surface area contributed by atoms with Crippen molar-refractivity contribution in [2.75, 3.05) is 17.7 Å². The molecule has 0 spiro atoms. The number of oxazole rings is 1. The Hall–Kier alpha value is -3.55. The number of nitrogens with zero attached hydrogens (tertiary/aromatic N) is 1. The van der Waals surface area contributed by atoms with E-state index in [9.17, 15) is 9.59 Å². The van der Waals surface area contributed by atoms with Gasteiger partial charge < -0.3 is 18.9 Å². The molecule has 2 aromatic heterocycles. The summed E-state index contributed by atoms with van der Waals surface area (Å²) in [5.74, 6) is -0.396. The molecule has 0 bridgehead atoms. The van der Waals surface area contributed by atoms with Gasteiger partial charge in [-0.1, -0.05) is 6.07 Å². The van der Waals surface area contributed by atoms with Gasteiger partial charge in [0.25, 0.3) is 11.8 Å². The van der Waals surface area contributed by atoms with Gasteiger partial charge in [-0.25, -0.2) is 0 Å². The Labute approximate surface area is 142 Å². The number of hydrogen-bond donors (Lipinski definition) is 2. The predicted octanol–water partition coefficient (Wildman–Crippen LogP) is 3.09. The van der Waals surface area contributed by atoms with Crippen molar-refractivity contribution in [1.29, 1.82) is 0 Å². The fourth-order valence-electron chi connectivity index (χ4n) is 2.11. The Bertz CT molecular complexity index is 899. The molecule has 2 N–H and O–H groups in total. The number of benzene rings is 1. The summed E-state index contributed by atoms with van der Waals surface area (Å²) in [5, 5.41) is 5.10. The predicted molar refractivity (Wildman–Crippen MR) is 88.8 cm³/mol. The van der Waals surface area contributed by atoms with E-state index in [0.29, 0.717) is 11.4 Å². The molecule has 0 aliphatic carbocycles. The second-order valence-corrected chi connectivity index (χ2v) is 5.13. The van der Waals surface area contributed by atoms with E-state index in [1.807, 2.05) is 13.0 Å². The fourth-order valence-corrected chi connectivity index (χ4v) is 2.11. The molecule has 0 aliphatic rings. The van der Waals surface area contributed by atoms with Crippen LogP contribution in [0.4, 0.5) is 11.7 Å². The van der Waals surface area contributed by atoms with E-state index in [1.54, 1.807) is 18.2 Å². The van der Waals surface area contributed by atoms with Crippen molar-refractivity contribution in [3.05, 3.63) is 59.9 Å². The quantitative estimate of drug-likeness (QED) is 0.738. The van der Waals surface area contributed by atoms with Gasteiger partial charge in [0.05, 0.1) is 19.1 Å². The molecule has 8 heteroatoms. The minimum Gasteiger partial charge on any atom is -0.495 e. The second-order valence-electron chi connectivity index (χ2n) is 5.13. The lowest BCUT2D eigenvalue weighted by atomic mass is 10.2. The SMILES string of the molecule is COc1ccc(C)cc1NC(=O)c1coc(NC(=O)c2ccco2)n1. The summed E-state index contributed by atoms with van der Waals surface area (Å²) in [4.78, 5) is 28.1. The third-order valence-corrected chi connectivity index (χ3v) is 3.31. The molecule has 0 radical (unpaired) electrons. The average molecular weight is 341 g/mol. The molecule has 0 aliphatic heterocycles. The summed E-state index contributed by atoms with van der Waals surface area (Å²) in [6.45, 7) is 1.90. The van der Waals surface area contributed by atoms with Crippen molar-refractivity contribution < 1.29 is 23.2 Å². The van der Waals surface area contributed by atoms with Gasteiger partial charge in [0, 0.05) is 0 Å². The molecule has 3 rings (SSSR count). The van der Waals surface area contributed by atoms with Gasteiger partial charge >= 0.3 is 6.01 Å². The number of hydrogen-bond acceptors (Lipinski definition) is 6. The van der Waals surface area contributed by atoms with Crippen molar-refractivity contribution in [3.63, 3.8) is 0 Å². The van der Waals surface area contributed by atoms with Crippen LogP contribution in [0.2, 0.25) is 0 Å². The average Bonchev–Trinajstić information content (AvgIpc) is 3.27. The van der Waals surface area contributed by atoms with Gasteiger partial charge in [-0.05, 0) is 36.8 Å². The van der Waals surface area contributed by atoms with Crippen molar-refractivity contribution >= 4 is 23.5 Å². The highest BCUT2D eigenvalue weighted by Gasteiger charge is 2.17. The Balaban J connectivity index is 1.71. The first kappa shape index (κ1) is 16.3. The molecule has 0 saturated heterocycles. The summed E-state index contributed by atoms with van der Waals surface area (Å²) in [6, 6.07) is 8.36. The molecule has 0 saturated carbocycles. The maximum Gasteiger partial charge on any atom is 0.302 e. The Morgan fingerprint density at radius 3 is 2.68 bits per heavy atom. The van der Waals surface area contributed by atoms with Crippen LogP contribution in [-0.4, -0.2) is 23.9 Å². The van der Waals surface area contributed by atoms with E-state index in [4.69, 9.17) is 13.6 Å². The molecule has 1 aromatic carbocycles. The maximum atomic E-state index is 12.3. The van der Waals surface area contributed by atoms with Crippen molar-refractivity contribution in [2.45, 2.75) is 6.92 Å². The van der Waals surface area contributed by atoms with Crippen LogP contribution in [0, 0.1) is 6.92 Å². The maximum absolute atomic E-state index is 12.3. The van der Waals surface area contributed by atoms with E-state index in [-0.39, 0.29) is 17.5 Å². The van der Waals surface area contributed by atoms with Gasteiger partial charge in [-0.3, -0.25) is 14.9 Å². The molecule has 3 aromatic rings. The van der Waals surface area contributed by atoms with Crippen LogP contribution in [-0.2, 0) is 0 Å². The van der Waals surface area contributed by atoms with E-state index >= 15 is 0 Å².